The van der Waals surface area contributed by atoms with Gasteiger partial charge in [0.2, 0.25) is 11.8 Å². The number of hydrogen-bond acceptors (Lipinski definition) is 8. The number of nitrogens with zero attached hydrogens (tertiary/aromatic N) is 4. The molecule has 1 N–H and O–H groups in total. The monoisotopic (exact) mass is 479 g/mol. The molecule has 2 aromatic carbocycles. The van der Waals surface area contributed by atoms with Crippen LogP contribution in [-0.4, -0.2) is 32.9 Å². The number of para-hydroxylation sites is 1. The first-order valence-electron chi connectivity index (χ1n) is 10.6. The number of anilines is 3. The number of rotatable bonds is 9. The number of aryl methyl sites for hydroxylation is 1. The molecule has 2 heterocycles. The fourth-order valence-electron chi connectivity index (χ4n) is 3.33. The minimum atomic E-state index is -0.0198. The lowest BCUT2D eigenvalue weighted by Crippen LogP contribution is -2.38. The van der Waals surface area contributed by atoms with E-state index < -0.39 is 0 Å². The summed E-state index contributed by atoms with van der Waals surface area (Å²) >= 11 is 2.84. The normalized spacial score (nSPS) is 11.0. The molecule has 33 heavy (non-hydrogen) atoms. The van der Waals surface area contributed by atoms with Crippen LogP contribution < -0.4 is 10.2 Å². The topological polar surface area (TPSA) is 84.2 Å². The first-order valence-corrected chi connectivity index (χ1v) is 12.4. The molecule has 0 radical (unpaired) electrons. The zero-order chi connectivity index (χ0) is 23.2. The number of amides is 1. The molecular weight excluding hydrogens is 454 g/mol. The highest BCUT2D eigenvalue weighted by Gasteiger charge is 2.20. The summed E-state index contributed by atoms with van der Waals surface area (Å²) in [6.45, 7) is 5.96. The lowest BCUT2D eigenvalue weighted by molar-refractivity contribution is -0.116. The molecule has 0 fully saturated rings. The van der Waals surface area contributed by atoms with Crippen molar-refractivity contribution in [2.24, 2.45) is 0 Å². The average molecular weight is 480 g/mol. The van der Waals surface area contributed by atoms with Crippen molar-refractivity contribution >= 4 is 46.1 Å². The Labute approximate surface area is 201 Å². The van der Waals surface area contributed by atoms with Crippen molar-refractivity contribution < 1.29 is 9.21 Å². The van der Waals surface area contributed by atoms with Crippen molar-refractivity contribution in [1.29, 1.82) is 0 Å². The van der Waals surface area contributed by atoms with E-state index in [-0.39, 0.29) is 17.7 Å². The highest BCUT2D eigenvalue weighted by atomic mass is 32.2. The van der Waals surface area contributed by atoms with E-state index in [2.05, 4.69) is 20.5 Å². The molecule has 9 heteroatoms. The summed E-state index contributed by atoms with van der Waals surface area (Å²) in [5, 5.41) is 14.9. The highest BCUT2D eigenvalue weighted by molar-refractivity contribution is 7.99. The summed E-state index contributed by atoms with van der Waals surface area (Å²) in [5.41, 5.74) is 3.73. The second-order valence-corrected chi connectivity index (χ2v) is 9.67. The molecule has 4 rings (SSSR count). The number of hydrogen-bond donors (Lipinski definition) is 1. The maximum Gasteiger partial charge on any atom is 0.277 e. The minimum Gasteiger partial charge on any atom is -0.416 e. The fourth-order valence-corrected chi connectivity index (χ4v) is 4.58. The Kier molecular flexibility index (Phi) is 7.41. The van der Waals surface area contributed by atoms with Crippen LogP contribution >= 0.6 is 23.1 Å². The fraction of sp³-hybridized carbons (Fsp3) is 0.250. The molecule has 0 saturated heterocycles. The predicted octanol–water partition coefficient (Wildman–Crippen LogP) is 5.70. The molecule has 2 aromatic heterocycles. The third-order valence-electron chi connectivity index (χ3n) is 4.76. The number of nitrogens with one attached hydrogen (secondary N) is 1. The quantitative estimate of drug-likeness (QED) is 0.308. The number of thioether (sulfide) groups is 1. The van der Waals surface area contributed by atoms with E-state index in [4.69, 9.17) is 4.42 Å². The summed E-state index contributed by atoms with van der Waals surface area (Å²) in [6.07, 6.45) is 0.493. The molecule has 7 nitrogen and oxygen atoms in total. The van der Waals surface area contributed by atoms with Crippen LogP contribution in [0.15, 0.2) is 69.6 Å². The van der Waals surface area contributed by atoms with Crippen molar-refractivity contribution in [2.45, 2.75) is 38.5 Å². The molecule has 170 valence electrons. The van der Waals surface area contributed by atoms with Gasteiger partial charge in [0.25, 0.3) is 5.22 Å². The Bertz CT molecular complexity index is 1190. The van der Waals surface area contributed by atoms with Crippen molar-refractivity contribution in [3.05, 3.63) is 76.6 Å². The Morgan fingerprint density at radius 3 is 2.48 bits per heavy atom. The van der Waals surface area contributed by atoms with E-state index in [1.807, 2.05) is 80.7 Å². The number of carbonyl (C=O) groups is 1. The van der Waals surface area contributed by atoms with Gasteiger partial charge in [-0.3, -0.25) is 4.79 Å². The number of carbonyl (C=O) groups excluding carboxylic acids is 1. The Hall–Kier alpha value is -3.17. The number of thiazole rings is 1. The van der Waals surface area contributed by atoms with Gasteiger partial charge in [0, 0.05) is 28.5 Å². The molecule has 0 aliphatic heterocycles. The summed E-state index contributed by atoms with van der Waals surface area (Å²) in [7, 11) is 0. The van der Waals surface area contributed by atoms with Gasteiger partial charge in [-0.2, -0.15) is 0 Å². The van der Waals surface area contributed by atoms with Crippen molar-refractivity contribution in [3.8, 4) is 0 Å². The molecule has 1 amide bonds. The van der Waals surface area contributed by atoms with Gasteiger partial charge in [0.1, 0.15) is 0 Å². The largest absolute Gasteiger partial charge is 0.416 e. The van der Waals surface area contributed by atoms with Crippen LogP contribution in [0.25, 0.3) is 0 Å². The third kappa shape index (κ3) is 6.21. The Balaban J connectivity index is 1.36. The lowest BCUT2D eigenvalue weighted by atomic mass is 10.2. The van der Waals surface area contributed by atoms with E-state index in [1.165, 1.54) is 11.8 Å². The van der Waals surface area contributed by atoms with Gasteiger partial charge < -0.3 is 14.6 Å². The van der Waals surface area contributed by atoms with Gasteiger partial charge in [-0.15, -0.1) is 21.5 Å². The molecule has 0 atom stereocenters. The summed E-state index contributed by atoms with van der Waals surface area (Å²) in [6, 6.07) is 17.8. The van der Waals surface area contributed by atoms with E-state index in [9.17, 15) is 4.79 Å². The van der Waals surface area contributed by atoms with E-state index in [0.29, 0.717) is 17.5 Å². The van der Waals surface area contributed by atoms with Gasteiger partial charge in [-0.1, -0.05) is 30.0 Å². The molecule has 0 aliphatic carbocycles. The molecule has 0 unspecified atom stereocenters. The van der Waals surface area contributed by atoms with Crippen LogP contribution in [0.4, 0.5) is 17.1 Å². The number of aromatic nitrogens is 3. The second-order valence-electron chi connectivity index (χ2n) is 7.68. The first-order chi connectivity index (χ1) is 16.0. The second kappa shape index (κ2) is 10.6. The Morgan fingerprint density at radius 1 is 1.09 bits per heavy atom. The zero-order valence-electron chi connectivity index (χ0n) is 18.7. The van der Waals surface area contributed by atoms with Gasteiger partial charge in [-0.05, 0) is 57.2 Å². The van der Waals surface area contributed by atoms with Crippen molar-refractivity contribution in [3.63, 3.8) is 0 Å². The van der Waals surface area contributed by atoms with Crippen LogP contribution in [0.2, 0.25) is 0 Å². The highest BCUT2D eigenvalue weighted by Crippen LogP contribution is 2.25. The first kappa shape index (κ1) is 23.0. The van der Waals surface area contributed by atoms with Crippen molar-refractivity contribution in [1.82, 2.24) is 15.2 Å². The molecule has 0 aliphatic rings. The van der Waals surface area contributed by atoms with Crippen LogP contribution in [0.1, 0.15) is 30.4 Å². The van der Waals surface area contributed by atoms with Crippen molar-refractivity contribution in [2.75, 3.05) is 16.0 Å². The molecular formula is C24H25N5O2S2. The maximum absolute atomic E-state index is 13.0. The number of benzene rings is 2. The molecule has 0 bridgehead atoms. The van der Waals surface area contributed by atoms with E-state index in [1.54, 1.807) is 16.2 Å². The molecule has 4 aromatic rings. The molecule has 0 spiro atoms. The van der Waals surface area contributed by atoms with E-state index in [0.717, 1.165) is 27.8 Å². The van der Waals surface area contributed by atoms with Crippen LogP contribution in [0.5, 0.6) is 0 Å². The van der Waals surface area contributed by atoms with Gasteiger partial charge in [-0.25, -0.2) is 4.98 Å². The predicted molar refractivity (Wildman–Crippen MR) is 133 cm³/mol. The van der Waals surface area contributed by atoms with Gasteiger partial charge >= 0.3 is 0 Å². The summed E-state index contributed by atoms with van der Waals surface area (Å²) in [4.78, 5) is 19.2. The smallest absolute Gasteiger partial charge is 0.277 e. The SMILES string of the molecule is Cc1nc(Cc2nnc(SCC(=O)N(c3ccc(Nc4ccccc4)cc3)C(C)C)o2)cs1. The third-order valence-corrected chi connectivity index (χ3v) is 6.38. The van der Waals surface area contributed by atoms with Crippen LogP contribution in [0.3, 0.4) is 0 Å². The van der Waals surface area contributed by atoms with E-state index >= 15 is 0 Å². The maximum atomic E-state index is 13.0. The minimum absolute atomic E-state index is 0.0113. The molecule has 0 saturated carbocycles. The standard InChI is InChI=1S/C24H25N5O2S2/c1-16(2)29(21-11-9-19(10-12-21)26-18-7-5-4-6-8-18)23(30)15-33-24-28-27-22(31-24)13-20-14-32-17(3)25-20/h4-12,14,16,26H,13,15H2,1-3H3. The Morgan fingerprint density at radius 2 is 1.82 bits per heavy atom. The van der Waals surface area contributed by atoms with Gasteiger partial charge in [0.15, 0.2) is 0 Å². The summed E-state index contributed by atoms with van der Waals surface area (Å²) < 4.78 is 5.69. The average Bonchev–Trinajstić information content (AvgIpc) is 3.43. The lowest BCUT2D eigenvalue weighted by Gasteiger charge is -2.27. The van der Waals surface area contributed by atoms with Crippen LogP contribution in [0, 0.1) is 6.92 Å². The van der Waals surface area contributed by atoms with Gasteiger partial charge in [0.05, 0.1) is 22.9 Å². The summed E-state index contributed by atoms with van der Waals surface area (Å²) in [5.74, 6) is 0.686. The zero-order valence-corrected chi connectivity index (χ0v) is 20.3. The van der Waals surface area contributed by atoms with Crippen LogP contribution in [-0.2, 0) is 11.2 Å².